The van der Waals surface area contributed by atoms with Gasteiger partial charge in [-0.1, -0.05) is 22.3 Å². The lowest BCUT2D eigenvalue weighted by atomic mass is 10.4. The molecule has 0 radical (unpaired) electrons. The van der Waals surface area contributed by atoms with Crippen molar-refractivity contribution in [2.24, 2.45) is 0 Å². The van der Waals surface area contributed by atoms with E-state index in [9.17, 15) is 9.59 Å². The molecule has 0 heterocycles. The number of hydrogen-bond donors (Lipinski definition) is 1. The largest absolute Gasteiger partial charge is 0.426 e. The van der Waals surface area contributed by atoms with Crippen LogP contribution < -0.4 is 0 Å². The maximum absolute atomic E-state index is 10.9. The van der Waals surface area contributed by atoms with Crippen LogP contribution in [0.5, 0.6) is 0 Å². The SMILES string of the molecule is C.C.C.COC(C)C(=O)OCOC(=O)C(C)O. The van der Waals surface area contributed by atoms with Crippen molar-refractivity contribution in [3.63, 3.8) is 0 Å². The molecule has 0 fully saturated rings. The highest BCUT2D eigenvalue weighted by Gasteiger charge is 2.15. The highest BCUT2D eigenvalue weighted by molar-refractivity contribution is 5.75. The predicted octanol–water partition coefficient (Wildman–Crippen LogP) is 1.35. The number of methoxy groups -OCH3 is 1. The fourth-order valence-corrected chi connectivity index (χ4v) is 0.480. The van der Waals surface area contributed by atoms with E-state index in [0.717, 1.165) is 0 Å². The normalized spacial score (nSPS) is 11.8. The number of rotatable bonds is 5. The quantitative estimate of drug-likeness (QED) is 0.589. The number of carbonyl (C=O) groups excluding carboxylic acids is 2. The van der Waals surface area contributed by atoms with Crippen LogP contribution in [-0.4, -0.2) is 43.2 Å². The molecular formula is C11H26O6. The average Bonchev–Trinajstić information content (AvgIpc) is 2.15. The Morgan fingerprint density at radius 2 is 1.47 bits per heavy atom. The smallest absolute Gasteiger partial charge is 0.337 e. The molecule has 0 spiro atoms. The Balaban J connectivity index is -0.000000282. The van der Waals surface area contributed by atoms with E-state index in [1.807, 2.05) is 0 Å². The van der Waals surface area contributed by atoms with Crippen LogP contribution in [0.1, 0.15) is 36.1 Å². The minimum atomic E-state index is -1.23. The Labute approximate surface area is 104 Å². The van der Waals surface area contributed by atoms with E-state index in [2.05, 4.69) is 14.2 Å². The van der Waals surface area contributed by atoms with E-state index in [-0.39, 0.29) is 22.3 Å². The van der Waals surface area contributed by atoms with E-state index in [4.69, 9.17) is 5.11 Å². The van der Waals surface area contributed by atoms with Gasteiger partial charge in [-0.2, -0.15) is 0 Å². The van der Waals surface area contributed by atoms with Crippen molar-refractivity contribution in [3.8, 4) is 0 Å². The Kier molecular flexibility index (Phi) is 18.9. The third-order valence-corrected chi connectivity index (χ3v) is 1.43. The topological polar surface area (TPSA) is 82.1 Å². The summed E-state index contributed by atoms with van der Waals surface area (Å²) >= 11 is 0. The summed E-state index contributed by atoms with van der Waals surface area (Å²) in [6.45, 7) is 2.23. The minimum Gasteiger partial charge on any atom is -0.426 e. The van der Waals surface area contributed by atoms with Gasteiger partial charge in [-0.3, -0.25) is 0 Å². The monoisotopic (exact) mass is 254 g/mol. The maximum atomic E-state index is 10.9. The Bertz CT molecular complexity index is 202. The lowest BCUT2D eigenvalue weighted by Crippen LogP contribution is -2.26. The summed E-state index contributed by atoms with van der Waals surface area (Å²) in [6.07, 6.45) is -1.94. The van der Waals surface area contributed by atoms with Crippen molar-refractivity contribution >= 4 is 11.9 Å². The van der Waals surface area contributed by atoms with Crippen LogP contribution >= 0.6 is 0 Å². The number of ether oxygens (including phenoxy) is 3. The summed E-state index contributed by atoms with van der Waals surface area (Å²) in [7, 11) is 1.35. The average molecular weight is 254 g/mol. The maximum Gasteiger partial charge on any atom is 0.337 e. The molecule has 2 atom stereocenters. The van der Waals surface area contributed by atoms with Gasteiger partial charge in [-0.25, -0.2) is 9.59 Å². The zero-order valence-electron chi connectivity index (χ0n) is 8.35. The van der Waals surface area contributed by atoms with E-state index in [1.54, 1.807) is 0 Å². The highest BCUT2D eigenvalue weighted by Crippen LogP contribution is 1.93. The summed E-state index contributed by atoms with van der Waals surface area (Å²) in [6, 6.07) is 0. The molecule has 106 valence electrons. The van der Waals surface area contributed by atoms with Crippen molar-refractivity contribution in [1.82, 2.24) is 0 Å². The Morgan fingerprint density at radius 3 is 1.82 bits per heavy atom. The van der Waals surface area contributed by atoms with Crippen molar-refractivity contribution in [1.29, 1.82) is 0 Å². The van der Waals surface area contributed by atoms with E-state index in [1.165, 1.54) is 21.0 Å². The fraction of sp³-hybridized carbons (Fsp3) is 0.818. The molecule has 0 aromatic rings. The van der Waals surface area contributed by atoms with Gasteiger partial charge in [0.25, 0.3) is 0 Å². The van der Waals surface area contributed by atoms with Gasteiger partial charge >= 0.3 is 11.9 Å². The van der Waals surface area contributed by atoms with Gasteiger partial charge in [0.2, 0.25) is 6.79 Å². The number of aliphatic hydroxyl groups is 1. The molecule has 0 aromatic carbocycles. The first-order valence-electron chi connectivity index (χ1n) is 4.03. The van der Waals surface area contributed by atoms with Gasteiger partial charge in [0.15, 0.2) is 6.10 Å². The summed E-state index contributed by atoms with van der Waals surface area (Å²) in [5, 5.41) is 8.70. The molecule has 0 saturated carbocycles. The van der Waals surface area contributed by atoms with E-state index >= 15 is 0 Å². The van der Waals surface area contributed by atoms with Crippen LogP contribution in [0.15, 0.2) is 0 Å². The molecule has 6 heteroatoms. The molecule has 0 bridgehead atoms. The zero-order valence-corrected chi connectivity index (χ0v) is 8.35. The molecule has 6 nitrogen and oxygen atoms in total. The lowest BCUT2D eigenvalue weighted by molar-refractivity contribution is -0.177. The fourth-order valence-electron chi connectivity index (χ4n) is 0.480. The van der Waals surface area contributed by atoms with Crippen molar-refractivity contribution in [3.05, 3.63) is 0 Å². The molecule has 0 rings (SSSR count). The Morgan fingerprint density at radius 1 is 1.06 bits per heavy atom. The molecule has 0 aliphatic rings. The van der Waals surface area contributed by atoms with Crippen LogP contribution in [0.25, 0.3) is 0 Å². The first-order valence-corrected chi connectivity index (χ1v) is 4.03. The van der Waals surface area contributed by atoms with Gasteiger partial charge in [0.1, 0.15) is 6.10 Å². The molecule has 0 aromatic heterocycles. The van der Waals surface area contributed by atoms with Crippen molar-refractivity contribution in [2.75, 3.05) is 13.9 Å². The lowest BCUT2D eigenvalue weighted by Gasteiger charge is -2.10. The van der Waals surface area contributed by atoms with Crippen LogP contribution in [0.4, 0.5) is 0 Å². The van der Waals surface area contributed by atoms with Gasteiger partial charge < -0.3 is 19.3 Å². The number of carbonyl (C=O) groups is 2. The second kappa shape index (κ2) is 12.9. The second-order valence-electron chi connectivity index (χ2n) is 2.60. The number of esters is 2. The van der Waals surface area contributed by atoms with Crippen LogP contribution in [0, 0.1) is 0 Å². The molecule has 2 unspecified atom stereocenters. The first-order chi connectivity index (χ1) is 6.49. The molecule has 0 aliphatic heterocycles. The molecule has 0 amide bonds. The van der Waals surface area contributed by atoms with Crippen molar-refractivity contribution in [2.45, 2.75) is 48.3 Å². The third kappa shape index (κ3) is 11.1. The minimum absolute atomic E-state index is 0. The van der Waals surface area contributed by atoms with Crippen LogP contribution in [-0.2, 0) is 23.8 Å². The van der Waals surface area contributed by atoms with Crippen LogP contribution in [0.2, 0.25) is 0 Å². The van der Waals surface area contributed by atoms with Gasteiger partial charge in [-0.05, 0) is 13.8 Å². The predicted molar refractivity (Wildman–Crippen MR) is 65.4 cm³/mol. The molecule has 1 N–H and O–H groups in total. The number of hydrogen-bond acceptors (Lipinski definition) is 6. The zero-order chi connectivity index (χ0) is 11.1. The summed E-state index contributed by atoms with van der Waals surface area (Å²) in [5.41, 5.74) is 0. The summed E-state index contributed by atoms with van der Waals surface area (Å²) < 4.78 is 13.5. The summed E-state index contributed by atoms with van der Waals surface area (Å²) in [5.74, 6) is -1.48. The molecule has 17 heavy (non-hydrogen) atoms. The van der Waals surface area contributed by atoms with Gasteiger partial charge in [0.05, 0.1) is 0 Å². The van der Waals surface area contributed by atoms with Gasteiger partial charge in [-0.15, -0.1) is 0 Å². The third-order valence-electron chi connectivity index (χ3n) is 1.43. The van der Waals surface area contributed by atoms with Gasteiger partial charge in [0, 0.05) is 7.11 Å². The van der Waals surface area contributed by atoms with E-state index < -0.39 is 30.9 Å². The van der Waals surface area contributed by atoms with Crippen molar-refractivity contribution < 1.29 is 28.9 Å². The van der Waals surface area contributed by atoms with E-state index in [0.29, 0.717) is 0 Å². The molecule has 0 saturated heterocycles. The number of aliphatic hydroxyl groups excluding tert-OH is 1. The summed E-state index contributed by atoms with van der Waals surface area (Å²) in [4.78, 5) is 21.6. The highest BCUT2D eigenvalue weighted by atomic mass is 16.7. The molecule has 0 aliphatic carbocycles. The Hall–Kier alpha value is -1.14. The second-order valence-corrected chi connectivity index (χ2v) is 2.60. The molecular weight excluding hydrogens is 228 g/mol. The van der Waals surface area contributed by atoms with Crippen LogP contribution in [0.3, 0.4) is 0 Å². The standard InChI is InChI=1S/C8H14O6.3CH4/c1-5(9)7(10)13-4-14-8(11)6(2)12-3;;;/h5-6,9H,4H2,1-3H3;3*1H4. The first kappa shape index (κ1) is 24.9.